The van der Waals surface area contributed by atoms with Crippen LogP contribution in [-0.4, -0.2) is 24.2 Å². The molecule has 0 fully saturated rings. The van der Waals surface area contributed by atoms with Crippen LogP contribution in [0.15, 0.2) is 27.8 Å². The number of nitrogens with zero attached hydrogens (tertiary/aromatic N) is 3. The maximum atomic E-state index is 12.9. The number of rotatable bonds is 6. The first-order chi connectivity index (χ1) is 8.56. The van der Waals surface area contributed by atoms with Gasteiger partial charge in [-0.05, 0) is 23.2 Å². The zero-order chi connectivity index (χ0) is 13.5. The molecule has 6 nitrogen and oxygen atoms in total. The van der Waals surface area contributed by atoms with Gasteiger partial charge in [0, 0.05) is 22.5 Å². The fourth-order valence-electron chi connectivity index (χ4n) is 1.37. The van der Waals surface area contributed by atoms with Crippen LogP contribution in [0, 0.1) is 5.82 Å². The standard InChI is InChI=1S/C10H10BrFN4O2/c11-8-5-6(12)1-2-7(8)9(10(17)18)14-3-4-15-16-13/h1-2,5,9,14H,3-4H2,(H,17,18). The third kappa shape index (κ3) is 3.99. The van der Waals surface area contributed by atoms with E-state index in [-0.39, 0.29) is 13.1 Å². The molecule has 0 bridgehead atoms. The lowest BCUT2D eigenvalue weighted by molar-refractivity contribution is -0.139. The Morgan fingerprint density at radius 2 is 2.39 bits per heavy atom. The predicted molar refractivity (Wildman–Crippen MR) is 66.5 cm³/mol. The third-order valence-corrected chi connectivity index (χ3v) is 2.83. The largest absolute Gasteiger partial charge is 0.480 e. The van der Waals surface area contributed by atoms with Crippen LogP contribution in [0.5, 0.6) is 0 Å². The van der Waals surface area contributed by atoms with Gasteiger partial charge in [0.2, 0.25) is 0 Å². The minimum absolute atomic E-state index is 0.138. The molecule has 18 heavy (non-hydrogen) atoms. The highest BCUT2D eigenvalue weighted by Gasteiger charge is 2.21. The Kier molecular flexibility index (Phi) is 5.57. The number of hydrogen-bond acceptors (Lipinski definition) is 3. The predicted octanol–water partition coefficient (Wildman–Crippen LogP) is 2.61. The van der Waals surface area contributed by atoms with Gasteiger partial charge in [0.1, 0.15) is 11.9 Å². The van der Waals surface area contributed by atoms with E-state index >= 15 is 0 Å². The highest BCUT2D eigenvalue weighted by atomic mass is 79.9. The second-order valence-corrected chi connectivity index (χ2v) is 4.20. The Morgan fingerprint density at radius 1 is 1.67 bits per heavy atom. The van der Waals surface area contributed by atoms with Crippen molar-refractivity contribution in [2.75, 3.05) is 13.1 Å². The van der Waals surface area contributed by atoms with E-state index in [1.165, 1.54) is 18.2 Å². The Labute approximate surface area is 111 Å². The van der Waals surface area contributed by atoms with Crippen molar-refractivity contribution in [1.82, 2.24) is 5.32 Å². The summed E-state index contributed by atoms with van der Waals surface area (Å²) < 4.78 is 13.3. The van der Waals surface area contributed by atoms with Crippen LogP contribution in [0.2, 0.25) is 0 Å². The second kappa shape index (κ2) is 6.95. The van der Waals surface area contributed by atoms with Crippen molar-refractivity contribution in [2.24, 2.45) is 5.11 Å². The van der Waals surface area contributed by atoms with E-state index in [0.717, 1.165) is 0 Å². The topological polar surface area (TPSA) is 98.1 Å². The van der Waals surface area contributed by atoms with E-state index in [4.69, 9.17) is 10.6 Å². The number of aliphatic carboxylic acids is 1. The number of carboxylic acids is 1. The monoisotopic (exact) mass is 316 g/mol. The molecule has 0 aliphatic carbocycles. The summed E-state index contributed by atoms with van der Waals surface area (Å²) in [5, 5.41) is 15.1. The summed E-state index contributed by atoms with van der Waals surface area (Å²) in [4.78, 5) is 13.7. The Bertz CT molecular complexity index is 491. The Morgan fingerprint density at radius 3 is 2.94 bits per heavy atom. The van der Waals surface area contributed by atoms with Crippen molar-refractivity contribution >= 4 is 21.9 Å². The summed E-state index contributed by atoms with van der Waals surface area (Å²) in [6.07, 6.45) is 0. The van der Waals surface area contributed by atoms with Crippen molar-refractivity contribution in [1.29, 1.82) is 0 Å². The first kappa shape index (κ1) is 14.4. The molecule has 1 atom stereocenters. The molecule has 8 heteroatoms. The lowest BCUT2D eigenvalue weighted by Crippen LogP contribution is -2.30. The van der Waals surface area contributed by atoms with Crippen LogP contribution in [0.4, 0.5) is 4.39 Å². The number of benzene rings is 1. The molecular formula is C10H10BrFN4O2. The molecule has 0 spiro atoms. The van der Waals surface area contributed by atoms with E-state index in [1.807, 2.05) is 0 Å². The SMILES string of the molecule is [N-]=[N+]=NCCNC(C(=O)O)c1ccc(F)cc1Br. The Balaban J connectivity index is 2.84. The summed E-state index contributed by atoms with van der Waals surface area (Å²) >= 11 is 3.11. The van der Waals surface area contributed by atoms with Gasteiger partial charge in [-0.15, -0.1) is 0 Å². The van der Waals surface area contributed by atoms with Crippen LogP contribution in [0.3, 0.4) is 0 Å². The van der Waals surface area contributed by atoms with Gasteiger partial charge in [0.25, 0.3) is 0 Å². The van der Waals surface area contributed by atoms with Gasteiger partial charge in [-0.1, -0.05) is 27.1 Å². The van der Waals surface area contributed by atoms with Crippen LogP contribution in [0.1, 0.15) is 11.6 Å². The molecule has 0 aliphatic heterocycles. The molecule has 1 aromatic rings. The summed E-state index contributed by atoms with van der Waals surface area (Å²) in [6, 6.07) is 2.78. The van der Waals surface area contributed by atoms with E-state index in [2.05, 4.69) is 31.3 Å². The molecular weight excluding hydrogens is 307 g/mol. The quantitative estimate of drug-likeness (QED) is 0.365. The van der Waals surface area contributed by atoms with Gasteiger partial charge < -0.3 is 10.4 Å². The van der Waals surface area contributed by atoms with Crippen LogP contribution in [-0.2, 0) is 4.79 Å². The van der Waals surface area contributed by atoms with Crippen molar-refractivity contribution in [3.05, 3.63) is 44.5 Å². The van der Waals surface area contributed by atoms with Crippen LogP contribution in [0.25, 0.3) is 10.4 Å². The zero-order valence-corrected chi connectivity index (χ0v) is 10.8. The van der Waals surface area contributed by atoms with Crippen LogP contribution >= 0.6 is 15.9 Å². The summed E-state index contributed by atoms with van der Waals surface area (Å²) in [7, 11) is 0. The average Bonchev–Trinajstić information content (AvgIpc) is 2.30. The first-order valence-electron chi connectivity index (χ1n) is 4.98. The van der Waals surface area contributed by atoms with Crippen molar-refractivity contribution in [2.45, 2.75) is 6.04 Å². The maximum absolute atomic E-state index is 12.9. The highest BCUT2D eigenvalue weighted by Crippen LogP contribution is 2.24. The molecule has 0 heterocycles. The van der Waals surface area contributed by atoms with Gasteiger partial charge >= 0.3 is 5.97 Å². The molecule has 0 radical (unpaired) electrons. The minimum atomic E-state index is -1.09. The third-order valence-electron chi connectivity index (χ3n) is 2.14. The smallest absolute Gasteiger partial charge is 0.325 e. The van der Waals surface area contributed by atoms with Gasteiger partial charge in [0.15, 0.2) is 0 Å². The van der Waals surface area contributed by atoms with Gasteiger partial charge in [-0.3, -0.25) is 4.79 Å². The van der Waals surface area contributed by atoms with Gasteiger partial charge in [0.05, 0.1) is 0 Å². The van der Waals surface area contributed by atoms with Crippen molar-refractivity contribution in [3.8, 4) is 0 Å². The number of hydrogen-bond donors (Lipinski definition) is 2. The zero-order valence-electron chi connectivity index (χ0n) is 9.18. The highest BCUT2D eigenvalue weighted by molar-refractivity contribution is 9.10. The minimum Gasteiger partial charge on any atom is -0.480 e. The fourth-order valence-corrected chi connectivity index (χ4v) is 1.95. The molecule has 0 aliphatic rings. The summed E-state index contributed by atoms with van der Waals surface area (Å²) in [6.45, 7) is 0.351. The second-order valence-electron chi connectivity index (χ2n) is 3.35. The van der Waals surface area contributed by atoms with E-state index in [9.17, 15) is 9.18 Å². The number of nitrogens with one attached hydrogen (secondary N) is 1. The lowest BCUT2D eigenvalue weighted by Gasteiger charge is -2.15. The van der Waals surface area contributed by atoms with Gasteiger partial charge in [-0.25, -0.2) is 4.39 Å². The lowest BCUT2D eigenvalue weighted by atomic mass is 10.1. The van der Waals surface area contributed by atoms with E-state index in [1.54, 1.807) is 0 Å². The fraction of sp³-hybridized carbons (Fsp3) is 0.300. The normalized spacial score (nSPS) is 11.7. The molecule has 2 N–H and O–H groups in total. The average molecular weight is 317 g/mol. The van der Waals surface area contributed by atoms with Crippen molar-refractivity contribution < 1.29 is 14.3 Å². The van der Waals surface area contributed by atoms with E-state index in [0.29, 0.717) is 10.0 Å². The number of carbonyl (C=O) groups is 1. The van der Waals surface area contributed by atoms with Crippen LogP contribution < -0.4 is 5.32 Å². The molecule has 1 aromatic carbocycles. The number of halogens is 2. The molecule has 96 valence electrons. The number of carboxylic acid groups (broad SMARTS) is 1. The molecule has 0 saturated heterocycles. The molecule has 0 aromatic heterocycles. The molecule has 1 rings (SSSR count). The maximum Gasteiger partial charge on any atom is 0.325 e. The molecule has 0 amide bonds. The summed E-state index contributed by atoms with van der Waals surface area (Å²) in [5.41, 5.74) is 8.50. The van der Waals surface area contributed by atoms with E-state index < -0.39 is 17.8 Å². The summed E-state index contributed by atoms with van der Waals surface area (Å²) in [5.74, 6) is -1.55. The first-order valence-corrected chi connectivity index (χ1v) is 5.77. The molecule has 1 unspecified atom stereocenters. The van der Waals surface area contributed by atoms with Crippen molar-refractivity contribution in [3.63, 3.8) is 0 Å². The Hall–Kier alpha value is -1.63. The number of azide groups is 1. The molecule has 0 saturated carbocycles. The van der Waals surface area contributed by atoms with Gasteiger partial charge in [-0.2, -0.15) is 0 Å².